The number of thiazole rings is 1. The summed E-state index contributed by atoms with van der Waals surface area (Å²) in [7, 11) is 1.54. The maximum Gasteiger partial charge on any atom is 0.325 e. The van der Waals surface area contributed by atoms with Gasteiger partial charge >= 0.3 is 6.03 Å². The number of hydrogen-bond donors (Lipinski definition) is 3. The number of ether oxygens (including phenoxy) is 1. The third kappa shape index (κ3) is 6.07. The summed E-state index contributed by atoms with van der Waals surface area (Å²) in [5.74, 6) is 0.458. The number of methoxy groups -OCH3 is 1. The Hall–Kier alpha value is -2.61. The molecule has 0 bridgehead atoms. The van der Waals surface area contributed by atoms with E-state index in [2.05, 4.69) is 20.9 Å². The van der Waals surface area contributed by atoms with E-state index in [1.807, 2.05) is 26.8 Å². The van der Waals surface area contributed by atoms with Gasteiger partial charge in [0.15, 0.2) is 5.13 Å². The number of amides is 3. The lowest BCUT2D eigenvalue weighted by molar-refractivity contribution is -0.121. The van der Waals surface area contributed by atoms with Gasteiger partial charge in [-0.05, 0) is 32.9 Å². The third-order valence-electron chi connectivity index (χ3n) is 2.98. The number of carbonyl (C=O) groups excluding carboxylic acids is 2. The number of urea groups is 1. The zero-order valence-electron chi connectivity index (χ0n) is 14.7. The summed E-state index contributed by atoms with van der Waals surface area (Å²) >= 11 is 1.26. The molecule has 0 aliphatic carbocycles. The Morgan fingerprint density at radius 2 is 1.92 bits per heavy atom. The molecule has 2 aromatic rings. The number of rotatable bonds is 5. The molecule has 0 unspecified atom stereocenters. The van der Waals surface area contributed by atoms with Gasteiger partial charge in [0.25, 0.3) is 0 Å². The molecule has 0 aliphatic rings. The van der Waals surface area contributed by atoms with Gasteiger partial charge in [-0.25, -0.2) is 9.78 Å². The average molecular weight is 362 g/mol. The van der Waals surface area contributed by atoms with Crippen molar-refractivity contribution in [2.45, 2.75) is 32.7 Å². The van der Waals surface area contributed by atoms with E-state index in [0.717, 1.165) is 0 Å². The summed E-state index contributed by atoms with van der Waals surface area (Å²) in [6.45, 7) is 5.75. The third-order valence-corrected chi connectivity index (χ3v) is 3.79. The molecule has 134 valence electrons. The number of carbonyl (C=O) groups is 2. The van der Waals surface area contributed by atoms with Crippen molar-refractivity contribution in [3.05, 3.63) is 35.3 Å². The van der Waals surface area contributed by atoms with Crippen LogP contribution < -0.4 is 20.7 Å². The fourth-order valence-corrected chi connectivity index (χ4v) is 2.78. The molecule has 1 aromatic carbocycles. The van der Waals surface area contributed by atoms with Crippen LogP contribution in [0.3, 0.4) is 0 Å². The summed E-state index contributed by atoms with van der Waals surface area (Å²) in [6.07, 6.45) is 0.170. The highest BCUT2D eigenvalue weighted by atomic mass is 32.1. The van der Waals surface area contributed by atoms with Crippen LogP contribution >= 0.6 is 11.3 Å². The SMILES string of the molecule is COc1ccccc1NC(=O)Nc1nc(CC(=O)NC(C)(C)C)cs1. The molecule has 0 saturated carbocycles. The van der Waals surface area contributed by atoms with Crippen molar-refractivity contribution in [3.8, 4) is 5.75 Å². The molecule has 3 N–H and O–H groups in total. The number of benzene rings is 1. The molecule has 8 heteroatoms. The van der Waals surface area contributed by atoms with Crippen molar-refractivity contribution >= 4 is 34.1 Å². The van der Waals surface area contributed by atoms with Crippen LogP contribution in [0.4, 0.5) is 15.6 Å². The Morgan fingerprint density at radius 3 is 2.60 bits per heavy atom. The van der Waals surface area contributed by atoms with Crippen molar-refractivity contribution in [2.75, 3.05) is 17.7 Å². The highest BCUT2D eigenvalue weighted by molar-refractivity contribution is 7.14. The Morgan fingerprint density at radius 1 is 1.20 bits per heavy atom. The van der Waals surface area contributed by atoms with Crippen molar-refractivity contribution < 1.29 is 14.3 Å². The molecule has 25 heavy (non-hydrogen) atoms. The van der Waals surface area contributed by atoms with Crippen molar-refractivity contribution in [1.82, 2.24) is 10.3 Å². The number of para-hydroxylation sites is 2. The van der Waals surface area contributed by atoms with Crippen LogP contribution in [0.1, 0.15) is 26.5 Å². The molecule has 1 aromatic heterocycles. The first-order chi connectivity index (χ1) is 11.8. The summed E-state index contributed by atoms with van der Waals surface area (Å²) in [5.41, 5.74) is 0.881. The number of aromatic nitrogens is 1. The molecule has 0 saturated heterocycles. The fourth-order valence-electron chi connectivity index (χ4n) is 2.07. The van der Waals surface area contributed by atoms with Crippen molar-refractivity contribution in [1.29, 1.82) is 0 Å². The molecular weight excluding hydrogens is 340 g/mol. The summed E-state index contributed by atoms with van der Waals surface area (Å²) in [6, 6.07) is 6.68. The van der Waals surface area contributed by atoms with E-state index in [4.69, 9.17) is 4.74 Å². The summed E-state index contributed by atoms with van der Waals surface area (Å²) in [4.78, 5) is 28.2. The van der Waals surface area contributed by atoms with Crippen molar-refractivity contribution in [2.24, 2.45) is 0 Å². The van der Waals surface area contributed by atoms with E-state index in [0.29, 0.717) is 22.3 Å². The zero-order chi connectivity index (χ0) is 18.4. The van der Waals surface area contributed by atoms with Gasteiger partial charge in [-0.2, -0.15) is 0 Å². The molecule has 0 aliphatic heterocycles. The van der Waals surface area contributed by atoms with Gasteiger partial charge in [0, 0.05) is 10.9 Å². The quantitative estimate of drug-likeness (QED) is 0.761. The van der Waals surface area contributed by atoms with E-state index < -0.39 is 6.03 Å². The van der Waals surface area contributed by atoms with Crippen LogP contribution in [0.15, 0.2) is 29.6 Å². The van der Waals surface area contributed by atoms with Crippen LogP contribution in [-0.4, -0.2) is 29.6 Å². The maximum atomic E-state index is 12.1. The van der Waals surface area contributed by atoms with Crippen LogP contribution in [0, 0.1) is 0 Å². The minimum Gasteiger partial charge on any atom is -0.495 e. The Labute approximate surface area is 150 Å². The van der Waals surface area contributed by atoms with Crippen LogP contribution in [0.2, 0.25) is 0 Å². The van der Waals surface area contributed by atoms with E-state index in [9.17, 15) is 9.59 Å². The molecule has 0 radical (unpaired) electrons. The van der Waals surface area contributed by atoms with Gasteiger partial charge in [0.05, 0.1) is 24.9 Å². The zero-order valence-corrected chi connectivity index (χ0v) is 15.5. The molecule has 3 amide bonds. The van der Waals surface area contributed by atoms with Gasteiger partial charge in [-0.3, -0.25) is 10.1 Å². The van der Waals surface area contributed by atoms with E-state index in [-0.39, 0.29) is 17.9 Å². The molecule has 1 heterocycles. The molecule has 2 rings (SSSR count). The van der Waals surface area contributed by atoms with E-state index in [1.54, 1.807) is 23.6 Å². The molecular formula is C17H22N4O3S. The molecule has 7 nitrogen and oxygen atoms in total. The van der Waals surface area contributed by atoms with Gasteiger partial charge in [-0.15, -0.1) is 11.3 Å². The van der Waals surface area contributed by atoms with Crippen LogP contribution in [0.5, 0.6) is 5.75 Å². The first-order valence-corrected chi connectivity index (χ1v) is 8.61. The predicted octanol–water partition coefficient (Wildman–Crippen LogP) is 3.25. The van der Waals surface area contributed by atoms with E-state index >= 15 is 0 Å². The van der Waals surface area contributed by atoms with Crippen molar-refractivity contribution in [3.63, 3.8) is 0 Å². The molecule has 0 fully saturated rings. The second-order valence-electron chi connectivity index (χ2n) is 6.40. The van der Waals surface area contributed by atoms with Gasteiger partial charge in [0.1, 0.15) is 5.75 Å². The number of hydrogen-bond acceptors (Lipinski definition) is 5. The monoisotopic (exact) mass is 362 g/mol. The van der Waals surface area contributed by atoms with Gasteiger partial charge < -0.3 is 15.4 Å². The van der Waals surface area contributed by atoms with Gasteiger partial charge in [0.2, 0.25) is 5.91 Å². The minimum absolute atomic E-state index is 0.108. The average Bonchev–Trinajstić information content (AvgIpc) is 2.92. The number of anilines is 2. The highest BCUT2D eigenvalue weighted by Gasteiger charge is 2.16. The number of nitrogens with one attached hydrogen (secondary N) is 3. The largest absolute Gasteiger partial charge is 0.495 e. The first-order valence-electron chi connectivity index (χ1n) is 7.73. The lowest BCUT2D eigenvalue weighted by Gasteiger charge is -2.20. The first kappa shape index (κ1) is 18.7. The predicted molar refractivity (Wildman–Crippen MR) is 99.3 cm³/mol. The second-order valence-corrected chi connectivity index (χ2v) is 7.26. The fraction of sp³-hybridized carbons (Fsp3) is 0.353. The van der Waals surface area contributed by atoms with E-state index in [1.165, 1.54) is 18.4 Å². The molecule has 0 atom stereocenters. The van der Waals surface area contributed by atoms with Crippen LogP contribution in [0.25, 0.3) is 0 Å². The topological polar surface area (TPSA) is 92.3 Å². The number of nitrogens with zero attached hydrogens (tertiary/aromatic N) is 1. The van der Waals surface area contributed by atoms with Gasteiger partial charge in [-0.1, -0.05) is 12.1 Å². The maximum absolute atomic E-state index is 12.1. The Bertz CT molecular complexity index is 752. The summed E-state index contributed by atoms with van der Waals surface area (Å²) < 4.78 is 5.18. The normalized spacial score (nSPS) is 10.9. The highest BCUT2D eigenvalue weighted by Crippen LogP contribution is 2.23. The molecule has 0 spiro atoms. The Kier molecular flexibility index (Phi) is 5.97. The lowest BCUT2D eigenvalue weighted by Crippen LogP contribution is -2.41. The Balaban J connectivity index is 1.92. The summed E-state index contributed by atoms with van der Waals surface area (Å²) in [5, 5.41) is 10.4. The minimum atomic E-state index is -0.426. The standard InChI is InChI=1S/C17H22N4O3S/c1-17(2,3)21-14(22)9-11-10-25-16(18-11)20-15(23)19-12-7-5-6-8-13(12)24-4/h5-8,10H,9H2,1-4H3,(H,21,22)(H2,18,19,20,23). The van der Waals surface area contributed by atoms with Crippen LogP contribution in [-0.2, 0) is 11.2 Å². The lowest BCUT2D eigenvalue weighted by atomic mass is 10.1. The smallest absolute Gasteiger partial charge is 0.325 e. The second kappa shape index (κ2) is 7.98.